The fourth-order valence-electron chi connectivity index (χ4n) is 2.95. The van der Waals surface area contributed by atoms with Crippen molar-refractivity contribution in [2.75, 3.05) is 7.05 Å². The van der Waals surface area contributed by atoms with Crippen molar-refractivity contribution in [3.63, 3.8) is 0 Å². The number of amides is 1. The number of aromatic nitrogens is 2. The molecule has 6 heteroatoms. The summed E-state index contributed by atoms with van der Waals surface area (Å²) in [6, 6.07) is 8.68. The molecule has 0 aliphatic heterocycles. The highest BCUT2D eigenvalue weighted by molar-refractivity contribution is 6.31. The predicted octanol–water partition coefficient (Wildman–Crippen LogP) is 4.81. The van der Waals surface area contributed by atoms with E-state index in [1.165, 1.54) is 11.6 Å². The van der Waals surface area contributed by atoms with Gasteiger partial charge in [-0.1, -0.05) is 49.2 Å². The van der Waals surface area contributed by atoms with Gasteiger partial charge in [0.1, 0.15) is 5.15 Å². The molecule has 1 aromatic carbocycles. The van der Waals surface area contributed by atoms with E-state index in [1.54, 1.807) is 10.8 Å². The summed E-state index contributed by atoms with van der Waals surface area (Å²) in [7, 11) is 2.11. The van der Waals surface area contributed by atoms with Crippen molar-refractivity contribution in [3.05, 3.63) is 57.9 Å². The molecule has 1 amide bonds. The van der Waals surface area contributed by atoms with E-state index in [0.29, 0.717) is 17.7 Å². The third-order valence-electron chi connectivity index (χ3n) is 5.11. The van der Waals surface area contributed by atoms with Gasteiger partial charge in [0.2, 0.25) is 5.91 Å². The highest BCUT2D eigenvalue weighted by Crippen LogP contribution is 2.21. The molecule has 1 N–H and O–H groups in total. The Hall–Kier alpha value is -2.11. The molecule has 1 aromatic heterocycles. The first-order chi connectivity index (χ1) is 13.8. The maximum absolute atomic E-state index is 12.4. The van der Waals surface area contributed by atoms with Crippen LogP contribution in [0.4, 0.5) is 0 Å². The van der Waals surface area contributed by atoms with E-state index in [9.17, 15) is 4.79 Å². The number of nitrogens with one attached hydrogen (secondary N) is 1. The lowest BCUT2D eigenvalue weighted by molar-refractivity contribution is -0.116. The summed E-state index contributed by atoms with van der Waals surface area (Å²) in [6.07, 6.45) is 5.39. The van der Waals surface area contributed by atoms with E-state index in [-0.39, 0.29) is 5.91 Å². The molecule has 0 radical (unpaired) electrons. The zero-order valence-electron chi connectivity index (χ0n) is 18.2. The van der Waals surface area contributed by atoms with Crippen molar-refractivity contribution in [1.29, 1.82) is 0 Å². The second kappa shape index (κ2) is 11.2. The van der Waals surface area contributed by atoms with Gasteiger partial charge in [-0.25, -0.2) is 0 Å². The van der Waals surface area contributed by atoms with Crippen molar-refractivity contribution in [2.45, 2.75) is 66.2 Å². The van der Waals surface area contributed by atoms with E-state index in [1.807, 2.05) is 19.1 Å². The van der Waals surface area contributed by atoms with Crippen LogP contribution in [0.3, 0.4) is 0 Å². The van der Waals surface area contributed by atoms with E-state index >= 15 is 0 Å². The Morgan fingerprint density at radius 3 is 2.66 bits per heavy atom. The monoisotopic (exact) mass is 416 g/mol. The molecule has 0 saturated heterocycles. The lowest BCUT2D eigenvalue weighted by atomic mass is 10.1. The van der Waals surface area contributed by atoms with Crippen molar-refractivity contribution < 1.29 is 4.79 Å². The van der Waals surface area contributed by atoms with Crippen LogP contribution in [0.1, 0.15) is 56.0 Å². The summed E-state index contributed by atoms with van der Waals surface area (Å²) in [5, 5.41) is 8.03. The quantitative estimate of drug-likeness (QED) is 0.565. The fourth-order valence-corrected chi connectivity index (χ4v) is 3.27. The van der Waals surface area contributed by atoms with Gasteiger partial charge < -0.3 is 5.32 Å². The van der Waals surface area contributed by atoms with Gasteiger partial charge >= 0.3 is 0 Å². The molecule has 5 nitrogen and oxygen atoms in total. The average Bonchev–Trinajstić information content (AvgIpc) is 2.96. The highest BCUT2D eigenvalue weighted by Gasteiger charge is 2.11. The molecular weight excluding hydrogens is 384 g/mol. The molecular formula is C23H33ClN4O. The molecule has 2 rings (SSSR count). The van der Waals surface area contributed by atoms with Gasteiger partial charge in [0.25, 0.3) is 0 Å². The van der Waals surface area contributed by atoms with Gasteiger partial charge in [0.05, 0.1) is 5.69 Å². The molecule has 1 heterocycles. The number of carbonyl (C=O) groups is 1. The minimum Gasteiger partial charge on any atom is -0.348 e. The van der Waals surface area contributed by atoms with Gasteiger partial charge in [-0.2, -0.15) is 5.10 Å². The third-order valence-corrected chi connectivity index (χ3v) is 5.51. The molecule has 29 heavy (non-hydrogen) atoms. The van der Waals surface area contributed by atoms with Gasteiger partial charge in [0.15, 0.2) is 0 Å². The van der Waals surface area contributed by atoms with Gasteiger partial charge in [0, 0.05) is 37.3 Å². The van der Waals surface area contributed by atoms with Crippen LogP contribution in [0.2, 0.25) is 5.15 Å². The number of halogens is 1. The SMILES string of the molecule is CCCCn1nc(C)c(/C=C/C(=O)NCc2ccccc2CN(C)C(C)C)c1Cl. The van der Waals surface area contributed by atoms with E-state index in [4.69, 9.17) is 11.6 Å². The Labute approximate surface area is 179 Å². The topological polar surface area (TPSA) is 50.2 Å². The first-order valence-corrected chi connectivity index (χ1v) is 10.7. The van der Waals surface area contributed by atoms with E-state index < -0.39 is 0 Å². The first kappa shape index (κ1) is 23.2. The minimum absolute atomic E-state index is 0.145. The van der Waals surface area contributed by atoms with Crippen LogP contribution in [-0.4, -0.2) is 33.7 Å². The van der Waals surface area contributed by atoms with Gasteiger partial charge in [-0.15, -0.1) is 0 Å². The maximum Gasteiger partial charge on any atom is 0.244 e. The van der Waals surface area contributed by atoms with Crippen molar-refractivity contribution in [3.8, 4) is 0 Å². The number of benzene rings is 1. The summed E-state index contributed by atoms with van der Waals surface area (Å²) < 4.78 is 1.80. The summed E-state index contributed by atoms with van der Waals surface area (Å²) in [5.74, 6) is -0.145. The van der Waals surface area contributed by atoms with Crippen LogP contribution in [0.15, 0.2) is 30.3 Å². The highest BCUT2D eigenvalue weighted by atomic mass is 35.5. The van der Waals surface area contributed by atoms with Crippen LogP contribution in [0, 0.1) is 6.92 Å². The minimum atomic E-state index is -0.145. The predicted molar refractivity (Wildman–Crippen MR) is 121 cm³/mol. The summed E-state index contributed by atoms with van der Waals surface area (Å²) in [4.78, 5) is 14.6. The Morgan fingerprint density at radius 1 is 1.31 bits per heavy atom. The third kappa shape index (κ3) is 6.72. The zero-order chi connectivity index (χ0) is 21.4. The molecule has 0 aliphatic rings. The Morgan fingerprint density at radius 2 is 2.00 bits per heavy atom. The Bertz CT molecular complexity index is 841. The Kier molecular flexibility index (Phi) is 8.93. The largest absolute Gasteiger partial charge is 0.348 e. The standard InChI is InChI=1S/C23H33ClN4O/c1-6-7-14-28-23(24)21(18(4)26-28)12-13-22(29)25-15-19-10-8-9-11-20(19)16-27(5)17(2)3/h8-13,17H,6-7,14-16H2,1-5H3,(H,25,29)/b13-12+. The maximum atomic E-state index is 12.4. The fraction of sp³-hybridized carbons (Fsp3) is 0.478. The Balaban J connectivity index is 2.00. The van der Waals surface area contributed by atoms with Crippen LogP contribution in [0.5, 0.6) is 0 Å². The van der Waals surface area contributed by atoms with Crippen LogP contribution >= 0.6 is 11.6 Å². The van der Waals surface area contributed by atoms with Crippen molar-refractivity contribution in [2.24, 2.45) is 0 Å². The molecule has 0 atom stereocenters. The lowest BCUT2D eigenvalue weighted by Gasteiger charge is -2.22. The molecule has 0 aliphatic carbocycles. The number of carbonyl (C=O) groups excluding carboxylic acids is 1. The van der Waals surface area contributed by atoms with E-state index in [2.05, 4.69) is 55.3 Å². The molecule has 0 spiro atoms. The normalized spacial score (nSPS) is 11.7. The molecule has 2 aromatic rings. The molecule has 0 saturated carbocycles. The number of nitrogens with zero attached hydrogens (tertiary/aromatic N) is 3. The van der Waals surface area contributed by atoms with Gasteiger partial charge in [-0.05, 0) is 51.4 Å². The zero-order valence-corrected chi connectivity index (χ0v) is 19.0. The van der Waals surface area contributed by atoms with Gasteiger partial charge in [-0.3, -0.25) is 14.4 Å². The molecule has 0 bridgehead atoms. The molecule has 158 valence electrons. The van der Waals surface area contributed by atoms with Crippen molar-refractivity contribution >= 4 is 23.6 Å². The summed E-state index contributed by atoms with van der Waals surface area (Å²) in [6.45, 7) is 10.5. The second-order valence-corrected chi connectivity index (χ2v) is 8.05. The summed E-state index contributed by atoms with van der Waals surface area (Å²) in [5.41, 5.74) is 3.99. The van der Waals surface area contributed by atoms with Crippen LogP contribution < -0.4 is 5.32 Å². The first-order valence-electron chi connectivity index (χ1n) is 10.3. The van der Waals surface area contributed by atoms with Crippen LogP contribution in [0.25, 0.3) is 6.08 Å². The summed E-state index contributed by atoms with van der Waals surface area (Å²) >= 11 is 6.43. The van der Waals surface area contributed by atoms with E-state index in [0.717, 1.165) is 42.8 Å². The molecule has 0 fully saturated rings. The molecule has 0 unspecified atom stereocenters. The number of rotatable bonds is 10. The number of hydrogen-bond acceptors (Lipinski definition) is 3. The smallest absolute Gasteiger partial charge is 0.244 e. The number of unbranched alkanes of at least 4 members (excludes halogenated alkanes) is 1. The lowest BCUT2D eigenvalue weighted by Crippen LogP contribution is -2.27. The van der Waals surface area contributed by atoms with Crippen LogP contribution in [-0.2, 0) is 24.4 Å². The second-order valence-electron chi connectivity index (χ2n) is 7.70. The average molecular weight is 417 g/mol. The number of hydrogen-bond donors (Lipinski definition) is 1. The van der Waals surface area contributed by atoms with Crippen molar-refractivity contribution in [1.82, 2.24) is 20.0 Å². The number of aryl methyl sites for hydroxylation is 2.